The number of rotatable bonds is 4. The second-order valence-corrected chi connectivity index (χ2v) is 7.62. The minimum absolute atomic E-state index is 0.164. The second kappa shape index (κ2) is 9.07. The number of halogens is 7. The van der Waals surface area contributed by atoms with Crippen LogP contribution < -0.4 is 15.5 Å². The standard InChI is InChI=1S/C20H18ClF6N3O2/c21-17-4-3-12(9-16(17)20(25,26)27)28-18(32)29-13-6-11(19(22,23)24)7-15(8-13)30-5-1-2-14(30)10-31/h3-4,6-9,14,31H,1-2,5,10H2,(H2,28,29,32). The lowest BCUT2D eigenvalue weighted by atomic mass is 10.1. The summed E-state index contributed by atoms with van der Waals surface area (Å²) in [7, 11) is 0. The Hall–Kier alpha value is -2.66. The number of aliphatic hydroxyl groups is 1. The first-order chi connectivity index (χ1) is 14.9. The van der Waals surface area contributed by atoms with Gasteiger partial charge in [0.2, 0.25) is 0 Å². The molecule has 174 valence electrons. The molecule has 0 aliphatic carbocycles. The van der Waals surface area contributed by atoms with Crippen LogP contribution in [0.1, 0.15) is 24.0 Å². The molecule has 1 fully saturated rings. The van der Waals surface area contributed by atoms with Crippen molar-refractivity contribution in [2.24, 2.45) is 0 Å². The number of urea groups is 1. The van der Waals surface area contributed by atoms with Crippen molar-refractivity contribution in [1.82, 2.24) is 0 Å². The van der Waals surface area contributed by atoms with E-state index in [-0.39, 0.29) is 29.7 Å². The van der Waals surface area contributed by atoms with Crippen molar-refractivity contribution in [3.05, 3.63) is 52.5 Å². The molecule has 0 saturated carbocycles. The van der Waals surface area contributed by atoms with E-state index in [0.29, 0.717) is 25.5 Å². The fourth-order valence-corrected chi connectivity index (χ4v) is 3.72. The van der Waals surface area contributed by atoms with Crippen molar-refractivity contribution in [2.75, 3.05) is 28.7 Å². The molecule has 2 aromatic rings. The molecule has 1 atom stereocenters. The molecule has 5 nitrogen and oxygen atoms in total. The van der Waals surface area contributed by atoms with Crippen molar-refractivity contribution >= 4 is 34.7 Å². The van der Waals surface area contributed by atoms with Gasteiger partial charge in [0.05, 0.1) is 28.8 Å². The Balaban J connectivity index is 1.85. The Morgan fingerprint density at radius 1 is 1.03 bits per heavy atom. The summed E-state index contributed by atoms with van der Waals surface area (Å²) in [4.78, 5) is 13.9. The summed E-state index contributed by atoms with van der Waals surface area (Å²) >= 11 is 5.53. The molecule has 1 aliphatic heterocycles. The van der Waals surface area contributed by atoms with Gasteiger partial charge in [-0.25, -0.2) is 4.79 Å². The third-order valence-corrected chi connectivity index (χ3v) is 5.28. The smallest absolute Gasteiger partial charge is 0.394 e. The fraction of sp³-hybridized carbons (Fsp3) is 0.350. The topological polar surface area (TPSA) is 64.6 Å². The van der Waals surface area contributed by atoms with Gasteiger partial charge in [0.25, 0.3) is 0 Å². The average molecular weight is 482 g/mol. The van der Waals surface area contributed by atoms with Crippen LogP contribution in [-0.2, 0) is 12.4 Å². The number of alkyl halides is 6. The van der Waals surface area contributed by atoms with Crippen LogP contribution in [0.15, 0.2) is 36.4 Å². The fourth-order valence-electron chi connectivity index (χ4n) is 3.49. The monoisotopic (exact) mass is 481 g/mol. The summed E-state index contributed by atoms with van der Waals surface area (Å²) < 4.78 is 79.1. The van der Waals surface area contributed by atoms with Crippen LogP contribution in [0.5, 0.6) is 0 Å². The van der Waals surface area contributed by atoms with Gasteiger partial charge in [-0.1, -0.05) is 11.6 Å². The number of hydrogen-bond acceptors (Lipinski definition) is 3. The Morgan fingerprint density at radius 3 is 2.34 bits per heavy atom. The Kier molecular flexibility index (Phi) is 6.80. The third-order valence-electron chi connectivity index (χ3n) is 4.95. The van der Waals surface area contributed by atoms with Gasteiger partial charge in [-0.15, -0.1) is 0 Å². The first kappa shape index (κ1) is 24.0. The summed E-state index contributed by atoms with van der Waals surface area (Å²) in [5, 5.41) is 13.3. The lowest BCUT2D eigenvalue weighted by Gasteiger charge is -2.27. The van der Waals surface area contributed by atoms with E-state index in [4.69, 9.17) is 11.6 Å². The minimum atomic E-state index is -4.75. The Bertz CT molecular complexity index is 996. The second-order valence-electron chi connectivity index (χ2n) is 7.21. The largest absolute Gasteiger partial charge is 0.417 e. The molecule has 1 heterocycles. The van der Waals surface area contributed by atoms with Crippen LogP contribution >= 0.6 is 11.6 Å². The number of anilines is 3. The predicted octanol–water partition coefficient (Wildman–Crippen LogP) is 5.98. The van der Waals surface area contributed by atoms with Gasteiger partial charge in [-0.3, -0.25) is 0 Å². The number of nitrogens with one attached hydrogen (secondary N) is 2. The zero-order chi connectivity index (χ0) is 23.7. The van der Waals surface area contributed by atoms with Crippen molar-refractivity contribution in [1.29, 1.82) is 0 Å². The zero-order valence-corrected chi connectivity index (χ0v) is 17.1. The summed E-state index contributed by atoms with van der Waals surface area (Å²) in [6.45, 7) is 0.195. The van der Waals surface area contributed by atoms with E-state index in [2.05, 4.69) is 10.6 Å². The van der Waals surface area contributed by atoms with Gasteiger partial charge in [-0.05, 0) is 49.2 Å². The molecular formula is C20H18ClF6N3O2. The molecule has 2 amide bonds. The number of aliphatic hydroxyl groups excluding tert-OH is 1. The van der Waals surface area contributed by atoms with Crippen molar-refractivity contribution in [2.45, 2.75) is 31.2 Å². The molecule has 3 N–H and O–H groups in total. The van der Waals surface area contributed by atoms with Crippen LogP contribution in [0, 0.1) is 0 Å². The predicted molar refractivity (Wildman–Crippen MR) is 108 cm³/mol. The lowest BCUT2D eigenvalue weighted by molar-refractivity contribution is -0.138. The molecule has 1 saturated heterocycles. The van der Waals surface area contributed by atoms with Gasteiger partial charge < -0.3 is 20.6 Å². The number of nitrogens with zero attached hydrogens (tertiary/aromatic N) is 1. The normalized spacial score (nSPS) is 16.9. The van der Waals surface area contributed by atoms with Crippen LogP contribution in [0.4, 0.5) is 48.2 Å². The zero-order valence-electron chi connectivity index (χ0n) is 16.3. The van der Waals surface area contributed by atoms with Crippen molar-refractivity contribution < 1.29 is 36.2 Å². The van der Waals surface area contributed by atoms with E-state index in [0.717, 1.165) is 24.3 Å². The third kappa shape index (κ3) is 5.57. The number of amides is 2. The number of hydrogen-bond donors (Lipinski definition) is 3. The highest BCUT2D eigenvalue weighted by Gasteiger charge is 2.34. The molecule has 0 radical (unpaired) electrons. The van der Waals surface area contributed by atoms with Crippen LogP contribution in [0.3, 0.4) is 0 Å². The maximum Gasteiger partial charge on any atom is 0.417 e. The van der Waals surface area contributed by atoms with E-state index < -0.39 is 34.5 Å². The summed E-state index contributed by atoms with van der Waals surface area (Å²) in [6.07, 6.45) is -8.16. The number of carbonyl (C=O) groups is 1. The maximum absolute atomic E-state index is 13.4. The molecule has 1 aliphatic rings. The molecule has 0 aromatic heterocycles. The highest BCUT2D eigenvalue weighted by atomic mass is 35.5. The van der Waals surface area contributed by atoms with Gasteiger partial charge >= 0.3 is 18.4 Å². The van der Waals surface area contributed by atoms with E-state index in [9.17, 15) is 36.2 Å². The van der Waals surface area contributed by atoms with E-state index in [1.807, 2.05) is 0 Å². The van der Waals surface area contributed by atoms with Gasteiger partial charge in [0.1, 0.15) is 0 Å². The van der Waals surface area contributed by atoms with E-state index >= 15 is 0 Å². The van der Waals surface area contributed by atoms with Crippen molar-refractivity contribution in [3.63, 3.8) is 0 Å². The molecule has 1 unspecified atom stereocenters. The molecule has 3 rings (SSSR count). The Morgan fingerprint density at radius 2 is 1.72 bits per heavy atom. The minimum Gasteiger partial charge on any atom is -0.394 e. The van der Waals surface area contributed by atoms with Crippen LogP contribution in [0.25, 0.3) is 0 Å². The quantitative estimate of drug-likeness (QED) is 0.470. The molecule has 32 heavy (non-hydrogen) atoms. The number of benzene rings is 2. The summed E-state index contributed by atoms with van der Waals surface area (Å²) in [5.74, 6) is 0. The molecule has 2 aromatic carbocycles. The van der Waals surface area contributed by atoms with Crippen molar-refractivity contribution in [3.8, 4) is 0 Å². The van der Waals surface area contributed by atoms with E-state index in [1.165, 1.54) is 6.07 Å². The molecule has 0 spiro atoms. The highest BCUT2D eigenvalue weighted by molar-refractivity contribution is 6.31. The highest BCUT2D eigenvalue weighted by Crippen LogP contribution is 2.38. The molecule has 12 heteroatoms. The molecular weight excluding hydrogens is 464 g/mol. The first-order valence-corrected chi connectivity index (χ1v) is 9.81. The van der Waals surface area contributed by atoms with Gasteiger partial charge in [0.15, 0.2) is 0 Å². The van der Waals surface area contributed by atoms with Crippen LogP contribution in [-0.4, -0.2) is 30.3 Å². The average Bonchev–Trinajstić information content (AvgIpc) is 3.16. The summed E-state index contributed by atoms with van der Waals surface area (Å²) in [6, 6.07) is 4.26. The molecule has 0 bridgehead atoms. The Labute approximate surface area is 184 Å². The summed E-state index contributed by atoms with van der Waals surface area (Å²) in [5.41, 5.74) is -2.47. The maximum atomic E-state index is 13.4. The SMILES string of the molecule is O=C(Nc1cc(N2CCCC2CO)cc(C(F)(F)F)c1)Nc1ccc(Cl)c(C(F)(F)F)c1. The van der Waals surface area contributed by atoms with Gasteiger partial charge in [-0.2, -0.15) is 26.3 Å². The first-order valence-electron chi connectivity index (χ1n) is 9.43. The lowest BCUT2D eigenvalue weighted by Crippen LogP contribution is -2.32. The van der Waals surface area contributed by atoms with Crippen LogP contribution in [0.2, 0.25) is 5.02 Å². The van der Waals surface area contributed by atoms with Gasteiger partial charge in [0, 0.05) is 23.6 Å². The number of carbonyl (C=O) groups excluding carboxylic acids is 1. The van der Waals surface area contributed by atoms with E-state index in [1.54, 1.807) is 4.90 Å².